The summed E-state index contributed by atoms with van der Waals surface area (Å²) in [7, 11) is 0. The number of carbonyl (C=O) groups excluding carboxylic acids is 2. The maximum Gasteiger partial charge on any atom is 0.252 e. The minimum absolute atomic E-state index is 0.0766. The molecule has 0 aliphatic rings. The molecular weight excluding hydrogens is 354 g/mol. The van der Waals surface area contributed by atoms with E-state index in [-0.39, 0.29) is 30.8 Å². The molecule has 0 saturated heterocycles. The number of oxazole rings is 1. The zero-order valence-corrected chi connectivity index (χ0v) is 15.9. The van der Waals surface area contributed by atoms with Crippen LogP contribution in [-0.2, 0) is 4.79 Å². The second kappa shape index (κ2) is 8.99. The molecule has 6 nitrogen and oxygen atoms in total. The fraction of sp³-hybridized carbons (Fsp3) is 0.227. The Labute approximate surface area is 164 Å². The molecule has 2 aromatic carbocycles. The van der Waals surface area contributed by atoms with Crippen molar-refractivity contribution in [2.24, 2.45) is 0 Å². The summed E-state index contributed by atoms with van der Waals surface area (Å²) in [5.74, 6) is 0.648. The van der Waals surface area contributed by atoms with Crippen molar-refractivity contribution in [1.82, 2.24) is 15.6 Å². The summed E-state index contributed by atoms with van der Waals surface area (Å²) in [5.41, 5.74) is 1.97. The van der Waals surface area contributed by atoms with Crippen molar-refractivity contribution in [3.8, 4) is 22.8 Å². The van der Waals surface area contributed by atoms with Gasteiger partial charge in [0, 0.05) is 30.1 Å². The van der Waals surface area contributed by atoms with E-state index in [1.165, 1.54) is 0 Å². The van der Waals surface area contributed by atoms with E-state index in [0.717, 1.165) is 5.56 Å². The van der Waals surface area contributed by atoms with E-state index in [2.05, 4.69) is 15.6 Å². The number of hydrogen-bond donors (Lipinski definition) is 2. The average molecular weight is 377 g/mol. The topological polar surface area (TPSA) is 84.2 Å². The monoisotopic (exact) mass is 377 g/mol. The molecule has 28 heavy (non-hydrogen) atoms. The Morgan fingerprint density at radius 3 is 2.50 bits per heavy atom. The Balaban J connectivity index is 1.72. The molecule has 0 atom stereocenters. The van der Waals surface area contributed by atoms with E-state index < -0.39 is 0 Å². The number of amides is 2. The van der Waals surface area contributed by atoms with E-state index >= 15 is 0 Å². The van der Waals surface area contributed by atoms with Gasteiger partial charge in [-0.05, 0) is 26.0 Å². The predicted molar refractivity (Wildman–Crippen MR) is 108 cm³/mol. The van der Waals surface area contributed by atoms with Crippen molar-refractivity contribution >= 4 is 11.8 Å². The van der Waals surface area contributed by atoms with Gasteiger partial charge in [0.2, 0.25) is 11.8 Å². The molecule has 0 radical (unpaired) electrons. The summed E-state index contributed by atoms with van der Waals surface area (Å²) in [6, 6.07) is 16.8. The Morgan fingerprint density at radius 1 is 1.04 bits per heavy atom. The maximum atomic E-state index is 12.6. The second-order valence-electron chi connectivity index (χ2n) is 6.67. The summed E-state index contributed by atoms with van der Waals surface area (Å²) in [4.78, 5) is 28.7. The van der Waals surface area contributed by atoms with Crippen LogP contribution >= 0.6 is 0 Å². The highest BCUT2D eigenvalue weighted by molar-refractivity contribution is 6.00. The van der Waals surface area contributed by atoms with Crippen molar-refractivity contribution < 1.29 is 14.0 Å². The lowest BCUT2D eigenvalue weighted by Gasteiger charge is -2.10. The Bertz CT molecular complexity index is 948. The first kappa shape index (κ1) is 19.4. The molecule has 0 spiro atoms. The second-order valence-corrected chi connectivity index (χ2v) is 6.67. The van der Waals surface area contributed by atoms with Crippen LogP contribution in [0.5, 0.6) is 0 Å². The van der Waals surface area contributed by atoms with Gasteiger partial charge in [-0.25, -0.2) is 4.98 Å². The van der Waals surface area contributed by atoms with Crippen LogP contribution in [0.15, 0.2) is 65.2 Å². The van der Waals surface area contributed by atoms with Crippen molar-refractivity contribution in [3.05, 3.63) is 66.4 Å². The Hall–Kier alpha value is -3.41. The molecular formula is C22H23N3O3. The van der Waals surface area contributed by atoms with Crippen LogP contribution in [0.4, 0.5) is 0 Å². The Kier molecular flexibility index (Phi) is 6.22. The van der Waals surface area contributed by atoms with Gasteiger partial charge < -0.3 is 15.1 Å². The van der Waals surface area contributed by atoms with Crippen LogP contribution in [-0.4, -0.2) is 29.4 Å². The zero-order chi connectivity index (χ0) is 19.9. The van der Waals surface area contributed by atoms with Crippen molar-refractivity contribution in [1.29, 1.82) is 0 Å². The average Bonchev–Trinajstić information content (AvgIpc) is 3.18. The normalized spacial score (nSPS) is 10.7. The molecule has 144 valence electrons. The Morgan fingerprint density at radius 2 is 1.75 bits per heavy atom. The van der Waals surface area contributed by atoms with Gasteiger partial charge in [0.15, 0.2) is 5.76 Å². The summed E-state index contributed by atoms with van der Waals surface area (Å²) >= 11 is 0. The molecule has 6 heteroatoms. The lowest BCUT2D eigenvalue weighted by Crippen LogP contribution is -2.34. The number of rotatable bonds is 7. The van der Waals surface area contributed by atoms with Crippen LogP contribution in [0.3, 0.4) is 0 Å². The lowest BCUT2D eigenvalue weighted by atomic mass is 10.1. The summed E-state index contributed by atoms with van der Waals surface area (Å²) in [6.07, 6.45) is 1.87. The first-order valence-corrected chi connectivity index (χ1v) is 9.23. The van der Waals surface area contributed by atoms with E-state index in [9.17, 15) is 9.59 Å². The number of carbonyl (C=O) groups is 2. The van der Waals surface area contributed by atoms with Crippen molar-refractivity contribution in [2.45, 2.75) is 26.3 Å². The number of aromatic nitrogens is 1. The highest BCUT2D eigenvalue weighted by atomic mass is 16.4. The quantitative estimate of drug-likeness (QED) is 0.658. The molecule has 0 aliphatic carbocycles. The first-order valence-electron chi connectivity index (χ1n) is 9.23. The van der Waals surface area contributed by atoms with Crippen LogP contribution in [0.25, 0.3) is 22.8 Å². The molecule has 1 heterocycles. The molecule has 2 N–H and O–H groups in total. The fourth-order valence-electron chi connectivity index (χ4n) is 2.78. The summed E-state index contributed by atoms with van der Waals surface area (Å²) in [5, 5.41) is 5.58. The van der Waals surface area contributed by atoms with Gasteiger partial charge >= 0.3 is 0 Å². The number of nitrogens with one attached hydrogen (secondary N) is 2. The van der Waals surface area contributed by atoms with Gasteiger partial charge in [-0.3, -0.25) is 9.59 Å². The standard InChI is InChI=1S/C22H23N3O3/c1-15(2)25-20(26)12-13-23-21(27)17-10-6-7-11-18(17)22-24-14-19(28-22)16-8-4-3-5-9-16/h3-11,14-15H,12-13H2,1-2H3,(H,23,27)(H,25,26). The third kappa shape index (κ3) is 4.85. The zero-order valence-electron chi connectivity index (χ0n) is 15.9. The molecule has 2 amide bonds. The van der Waals surface area contributed by atoms with Crippen LogP contribution in [0.1, 0.15) is 30.6 Å². The maximum absolute atomic E-state index is 12.6. The molecule has 0 unspecified atom stereocenters. The molecule has 0 aliphatic heterocycles. The van der Waals surface area contributed by atoms with Gasteiger partial charge in [-0.1, -0.05) is 42.5 Å². The predicted octanol–water partition coefficient (Wildman–Crippen LogP) is 3.65. The highest BCUT2D eigenvalue weighted by Gasteiger charge is 2.17. The third-order valence-corrected chi connectivity index (χ3v) is 4.05. The van der Waals surface area contributed by atoms with Crippen LogP contribution in [0.2, 0.25) is 0 Å². The van der Waals surface area contributed by atoms with E-state index in [4.69, 9.17) is 4.42 Å². The minimum Gasteiger partial charge on any atom is -0.436 e. The molecule has 0 fully saturated rings. The largest absolute Gasteiger partial charge is 0.436 e. The summed E-state index contributed by atoms with van der Waals surface area (Å²) < 4.78 is 5.88. The smallest absolute Gasteiger partial charge is 0.252 e. The fourth-order valence-corrected chi connectivity index (χ4v) is 2.78. The minimum atomic E-state index is -0.271. The molecule has 3 rings (SSSR count). The first-order chi connectivity index (χ1) is 13.5. The van der Waals surface area contributed by atoms with Gasteiger partial charge in [0.25, 0.3) is 5.91 Å². The SMILES string of the molecule is CC(C)NC(=O)CCNC(=O)c1ccccc1-c1ncc(-c2ccccc2)o1. The van der Waals surface area contributed by atoms with Gasteiger partial charge in [-0.15, -0.1) is 0 Å². The van der Waals surface area contributed by atoms with E-state index in [0.29, 0.717) is 22.8 Å². The molecule has 1 aromatic heterocycles. The number of nitrogens with zero attached hydrogens (tertiary/aromatic N) is 1. The van der Waals surface area contributed by atoms with Gasteiger partial charge in [0.05, 0.1) is 11.8 Å². The van der Waals surface area contributed by atoms with Crippen molar-refractivity contribution in [3.63, 3.8) is 0 Å². The number of hydrogen-bond acceptors (Lipinski definition) is 4. The van der Waals surface area contributed by atoms with Gasteiger partial charge in [0.1, 0.15) is 0 Å². The van der Waals surface area contributed by atoms with Crippen LogP contribution in [0, 0.1) is 0 Å². The molecule has 3 aromatic rings. The highest BCUT2D eigenvalue weighted by Crippen LogP contribution is 2.28. The van der Waals surface area contributed by atoms with Gasteiger partial charge in [-0.2, -0.15) is 0 Å². The molecule has 0 bridgehead atoms. The van der Waals surface area contributed by atoms with Crippen LogP contribution < -0.4 is 10.6 Å². The summed E-state index contributed by atoms with van der Waals surface area (Å²) in [6.45, 7) is 4.05. The number of benzene rings is 2. The van der Waals surface area contributed by atoms with E-state index in [1.54, 1.807) is 24.4 Å². The van der Waals surface area contributed by atoms with E-state index in [1.807, 2.05) is 50.2 Å². The third-order valence-electron chi connectivity index (χ3n) is 4.05. The molecule has 0 saturated carbocycles. The lowest BCUT2D eigenvalue weighted by molar-refractivity contribution is -0.121. The van der Waals surface area contributed by atoms with Crippen molar-refractivity contribution in [2.75, 3.05) is 6.54 Å².